The molecule has 9 heteroatoms. The Morgan fingerprint density at radius 1 is 1.22 bits per heavy atom. The summed E-state index contributed by atoms with van der Waals surface area (Å²) in [4.78, 5) is 11.9. The third-order valence-electron chi connectivity index (χ3n) is 7.90. The summed E-state index contributed by atoms with van der Waals surface area (Å²) in [7, 11) is 1.45. The largest absolute Gasteiger partial charge is 0.494 e. The Balaban J connectivity index is 1.66. The van der Waals surface area contributed by atoms with Crippen LogP contribution in [0.2, 0.25) is 0 Å². The molecular weight excluding hydrogens is 465 g/mol. The summed E-state index contributed by atoms with van der Waals surface area (Å²) in [5.41, 5.74) is 2.95. The number of aromatic amines is 1. The Morgan fingerprint density at radius 2 is 2.03 bits per heavy atom. The van der Waals surface area contributed by atoms with E-state index < -0.39 is 17.4 Å². The Labute approximate surface area is 206 Å². The van der Waals surface area contributed by atoms with Crippen LogP contribution in [-0.4, -0.2) is 56.9 Å². The van der Waals surface area contributed by atoms with Gasteiger partial charge in [-0.3, -0.25) is 5.10 Å². The number of aliphatic hydroxyl groups is 1. The maximum Gasteiger partial charge on any atom is 0.335 e. The maximum atomic E-state index is 14.4. The average Bonchev–Trinajstić information content (AvgIpc) is 3.59. The molecule has 1 saturated carbocycles. The van der Waals surface area contributed by atoms with E-state index >= 15 is 0 Å². The van der Waals surface area contributed by atoms with E-state index in [4.69, 9.17) is 9.47 Å². The molecule has 2 aromatic heterocycles. The van der Waals surface area contributed by atoms with E-state index in [1.165, 1.54) is 13.2 Å². The van der Waals surface area contributed by atoms with Crippen LogP contribution < -0.4 is 4.74 Å². The molecule has 3 N–H and O–H groups in total. The molecule has 6 rings (SSSR count). The van der Waals surface area contributed by atoms with Gasteiger partial charge in [-0.1, -0.05) is 0 Å². The quantitative estimate of drug-likeness (QED) is 0.374. The molecule has 2 fully saturated rings. The molecule has 36 heavy (non-hydrogen) atoms. The van der Waals surface area contributed by atoms with Gasteiger partial charge in [0.2, 0.25) is 0 Å². The number of carboxylic acid groups (broad SMARTS) is 1. The van der Waals surface area contributed by atoms with Gasteiger partial charge in [0.25, 0.3) is 0 Å². The summed E-state index contributed by atoms with van der Waals surface area (Å²) in [6, 6.07) is 8.97. The third kappa shape index (κ3) is 3.57. The third-order valence-corrected chi connectivity index (χ3v) is 7.90. The molecule has 3 heterocycles. The van der Waals surface area contributed by atoms with Gasteiger partial charge in [-0.25, -0.2) is 9.18 Å². The van der Waals surface area contributed by atoms with Crippen LogP contribution >= 0.6 is 0 Å². The van der Waals surface area contributed by atoms with E-state index in [0.717, 1.165) is 51.6 Å². The van der Waals surface area contributed by atoms with Gasteiger partial charge in [0.15, 0.2) is 17.2 Å². The Morgan fingerprint density at radius 3 is 2.75 bits per heavy atom. The normalized spacial score (nSPS) is 23.0. The molecule has 8 nitrogen and oxygen atoms in total. The van der Waals surface area contributed by atoms with E-state index in [1.54, 1.807) is 18.3 Å². The number of carbonyl (C=O) groups is 1. The Hall–Kier alpha value is -3.43. The summed E-state index contributed by atoms with van der Waals surface area (Å²) >= 11 is 0. The Kier molecular flexibility index (Phi) is 5.49. The van der Waals surface area contributed by atoms with Gasteiger partial charge in [-0.15, -0.1) is 0 Å². The number of ether oxygens (including phenoxy) is 2. The summed E-state index contributed by atoms with van der Waals surface area (Å²) < 4.78 is 27.5. The molecule has 0 amide bonds. The van der Waals surface area contributed by atoms with E-state index in [2.05, 4.69) is 26.9 Å². The molecule has 0 radical (unpaired) electrons. The smallest absolute Gasteiger partial charge is 0.335 e. The number of benzene rings is 2. The van der Waals surface area contributed by atoms with Crippen molar-refractivity contribution in [3.63, 3.8) is 0 Å². The van der Waals surface area contributed by atoms with Gasteiger partial charge in [0.1, 0.15) is 0 Å². The minimum Gasteiger partial charge on any atom is -0.494 e. The van der Waals surface area contributed by atoms with Crippen molar-refractivity contribution >= 4 is 27.8 Å². The van der Waals surface area contributed by atoms with E-state index in [9.17, 15) is 19.4 Å². The van der Waals surface area contributed by atoms with E-state index in [0.29, 0.717) is 19.6 Å². The summed E-state index contributed by atoms with van der Waals surface area (Å²) in [5, 5.41) is 29.7. The molecule has 1 aliphatic heterocycles. The van der Waals surface area contributed by atoms with Gasteiger partial charge >= 0.3 is 5.97 Å². The number of carboxylic acids is 1. The molecule has 0 bridgehead atoms. The van der Waals surface area contributed by atoms with Crippen LogP contribution in [0.3, 0.4) is 0 Å². The topological polar surface area (TPSA) is 110 Å². The molecule has 188 valence electrons. The van der Waals surface area contributed by atoms with Crippen molar-refractivity contribution in [2.75, 3.05) is 20.3 Å². The predicted molar refractivity (Wildman–Crippen MR) is 131 cm³/mol. The molecule has 0 unspecified atom stereocenters. The lowest BCUT2D eigenvalue weighted by Gasteiger charge is -2.27. The zero-order chi connectivity index (χ0) is 25.0. The van der Waals surface area contributed by atoms with Gasteiger partial charge in [-0.2, -0.15) is 5.10 Å². The first-order valence-corrected chi connectivity index (χ1v) is 12.3. The predicted octanol–water partition coefficient (Wildman–Crippen LogP) is 4.63. The molecule has 4 aromatic rings. The summed E-state index contributed by atoms with van der Waals surface area (Å²) in [5.74, 6) is -1.45. The van der Waals surface area contributed by atoms with Crippen LogP contribution in [0.5, 0.6) is 5.75 Å². The Bertz CT molecular complexity index is 1470. The number of aliphatic carboxylic acids is 1. The lowest BCUT2D eigenvalue weighted by Crippen LogP contribution is -2.35. The number of hydrogen-bond donors (Lipinski definition) is 3. The molecular formula is C27H28FN3O5. The highest BCUT2D eigenvalue weighted by atomic mass is 19.1. The fourth-order valence-corrected chi connectivity index (χ4v) is 6.10. The van der Waals surface area contributed by atoms with Gasteiger partial charge in [0.05, 0.1) is 24.3 Å². The standard InChI is InChI=1S/C27H28FN3O5/c1-35-23-11-18(2-3-20(23)28)31-22-10-17-14-29-30-21(17)12-19(22)24(25(31)15-5-8-36-9-6-15)16-4-7-27(34,13-16)26(32)33/h2-3,10-12,14-16,34H,4-9,13H2,1H3,(H,29,30)(H,32,33)/t16-,27+/m1/s1. The van der Waals surface area contributed by atoms with Crippen molar-refractivity contribution in [2.45, 2.75) is 49.5 Å². The second-order valence-electron chi connectivity index (χ2n) is 9.94. The van der Waals surface area contributed by atoms with Crippen LogP contribution in [0.15, 0.2) is 36.5 Å². The number of hydrogen-bond acceptors (Lipinski definition) is 5. The molecule has 2 atom stereocenters. The van der Waals surface area contributed by atoms with Crippen LogP contribution in [0.1, 0.15) is 55.2 Å². The van der Waals surface area contributed by atoms with Gasteiger partial charge < -0.3 is 24.3 Å². The van der Waals surface area contributed by atoms with Crippen molar-refractivity contribution in [1.29, 1.82) is 0 Å². The van der Waals surface area contributed by atoms with Crippen molar-refractivity contribution in [2.24, 2.45) is 0 Å². The second-order valence-corrected chi connectivity index (χ2v) is 9.94. The number of halogens is 1. The lowest BCUT2D eigenvalue weighted by molar-refractivity contribution is -0.157. The number of rotatable bonds is 5. The van der Waals surface area contributed by atoms with Crippen LogP contribution in [0.25, 0.3) is 27.5 Å². The van der Waals surface area contributed by atoms with Crippen LogP contribution in [0, 0.1) is 5.82 Å². The molecule has 2 aromatic carbocycles. The highest BCUT2D eigenvalue weighted by molar-refractivity contribution is 5.99. The van der Waals surface area contributed by atoms with E-state index in [1.807, 2.05) is 0 Å². The van der Waals surface area contributed by atoms with Crippen molar-refractivity contribution in [3.05, 3.63) is 53.6 Å². The molecule has 1 aliphatic carbocycles. The first-order valence-electron chi connectivity index (χ1n) is 12.3. The monoisotopic (exact) mass is 493 g/mol. The second kappa shape index (κ2) is 8.60. The number of nitrogens with zero attached hydrogens (tertiary/aromatic N) is 2. The highest BCUT2D eigenvalue weighted by Gasteiger charge is 2.46. The summed E-state index contributed by atoms with van der Waals surface area (Å²) in [6.45, 7) is 1.26. The highest BCUT2D eigenvalue weighted by Crippen LogP contribution is 2.49. The minimum absolute atomic E-state index is 0.143. The molecule has 1 saturated heterocycles. The number of methoxy groups -OCH3 is 1. The number of nitrogens with one attached hydrogen (secondary N) is 1. The summed E-state index contributed by atoms with van der Waals surface area (Å²) in [6.07, 6.45) is 4.30. The van der Waals surface area contributed by atoms with Crippen molar-refractivity contribution in [3.8, 4) is 11.4 Å². The minimum atomic E-state index is -1.75. The lowest BCUT2D eigenvalue weighted by atomic mass is 9.85. The first-order chi connectivity index (χ1) is 17.4. The van der Waals surface area contributed by atoms with E-state index in [-0.39, 0.29) is 30.4 Å². The number of H-pyrrole nitrogens is 1. The maximum absolute atomic E-state index is 14.4. The van der Waals surface area contributed by atoms with Gasteiger partial charge in [0, 0.05) is 47.4 Å². The number of aromatic nitrogens is 3. The fraction of sp³-hybridized carbons (Fsp3) is 0.407. The molecule has 2 aliphatic rings. The zero-order valence-corrected chi connectivity index (χ0v) is 20.0. The van der Waals surface area contributed by atoms with Crippen molar-refractivity contribution < 1.29 is 28.9 Å². The van der Waals surface area contributed by atoms with Crippen molar-refractivity contribution in [1.82, 2.24) is 14.8 Å². The van der Waals surface area contributed by atoms with Gasteiger partial charge in [-0.05, 0) is 67.9 Å². The molecule has 0 spiro atoms. The first kappa shape index (κ1) is 23.0. The average molecular weight is 494 g/mol. The van der Waals surface area contributed by atoms with Crippen LogP contribution in [-0.2, 0) is 9.53 Å². The zero-order valence-electron chi connectivity index (χ0n) is 20.0. The fourth-order valence-electron chi connectivity index (χ4n) is 6.10. The number of fused-ring (bicyclic) bond motifs is 2. The van der Waals surface area contributed by atoms with Crippen LogP contribution in [0.4, 0.5) is 4.39 Å². The SMILES string of the molecule is COc1cc(-n2c(C3CCOCC3)c([C@@H]3CC[C@@](O)(C(=O)O)C3)c3cc4[nH]ncc4cc32)ccc1F.